The molecule has 0 bridgehead atoms. The maximum Gasteiger partial charge on any atom is 0.0970 e. The van der Waals surface area contributed by atoms with E-state index in [1.807, 2.05) is 11.3 Å². The third kappa shape index (κ3) is 2.22. The molecule has 1 aromatic carbocycles. The molecule has 1 aromatic heterocycles. The van der Waals surface area contributed by atoms with E-state index >= 15 is 0 Å². The maximum absolute atomic E-state index is 4.82. The summed E-state index contributed by atoms with van der Waals surface area (Å²) in [7, 11) is 2.21. The van der Waals surface area contributed by atoms with Gasteiger partial charge in [-0.3, -0.25) is 0 Å². The van der Waals surface area contributed by atoms with E-state index in [4.69, 9.17) is 4.98 Å². The summed E-state index contributed by atoms with van der Waals surface area (Å²) in [6.45, 7) is 4.55. The topological polar surface area (TPSA) is 16.1 Å². The molecule has 1 aliphatic heterocycles. The molecule has 0 amide bonds. The van der Waals surface area contributed by atoms with Crippen molar-refractivity contribution in [3.05, 3.63) is 28.8 Å². The molecule has 17 heavy (non-hydrogen) atoms. The van der Waals surface area contributed by atoms with Crippen molar-refractivity contribution in [3.8, 4) is 0 Å². The predicted octanol–water partition coefficient (Wildman–Crippen LogP) is 3.41. The molecular weight excluding hydrogens is 228 g/mol. The molecule has 0 N–H and O–H groups in total. The lowest BCUT2D eigenvalue weighted by Gasteiger charge is -2.27. The molecule has 2 nitrogen and oxygen atoms in total. The summed E-state index contributed by atoms with van der Waals surface area (Å²) in [6, 6.07) is 6.59. The Morgan fingerprint density at radius 2 is 2.06 bits per heavy atom. The van der Waals surface area contributed by atoms with Crippen LogP contribution in [-0.4, -0.2) is 30.0 Å². The van der Waals surface area contributed by atoms with E-state index in [0.29, 0.717) is 5.92 Å². The largest absolute Gasteiger partial charge is 0.306 e. The molecule has 3 rings (SSSR count). The molecule has 1 saturated heterocycles. The highest BCUT2D eigenvalue weighted by molar-refractivity contribution is 7.18. The van der Waals surface area contributed by atoms with Crippen molar-refractivity contribution in [2.75, 3.05) is 20.1 Å². The molecule has 0 spiro atoms. The zero-order valence-electron chi connectivity index (χ0n) is 10.4. The fourth-order valence-corrected chi connectivity index (χ4v) is 3.60. The zero-order chi connectivity index (χ0) is 11.8. The van der Waals surface area contributed by atoms with Crippen LogP contribution in [0, 0.1) is 6.92 Å². The number of likely N-dealkylation sites (tertiary alicyclic amines) is 1. The molecule has 0 aliphatic carbocycles. The SMILES string of the molecule is Cc1ccc2sc(C3CCN(C)CC3)nc2c1. The maximum atomic E-state index is 4.82. The molecule has 0 radical (unpaired) electrons. The van der Waals surface area contributed by atoms with Crippen LogP contribution in [0.2, 0.25) is 0 Å². The summed E-state index contributed by atoms with van der Waals surface area (Å²) in [5.74, 6) is 0.684. The zero-order valence-corrected chi connectivity index (χ0v) is 11.3. The van der Waals surface area contributed by atoms with Gasteiger partial charge in [0.1, 0.15) is 0 Å². The summed E-state index contributed by atoms with van der Waals surface area (Å²) in [5.41, 5.74) is 2.49. The molecular formula is C14H18N2S. The first kappa shape index (κ1) is 11.2. The number of hydrogen-bond donors (Lipinski definition) is 0. The highest BCUT2D eigenvalue weighted by Crippen LogP contribution is 2.33. The van der Waals surface area contributed by atoms with E-state index in [-0.39, 0.29) is 0 Å². The number of aromatic nitrogens is 1. The normalized spacial score (nSPS) is 18.9. The average molecular weight is 246 g/mol. The van der Waals surface area contributed by atoms with Gasteiger partial charge in [0.15, 0.2) is 0 Å². The van der Waals surface area contributed by atoms with Gasteiger partial charge >= 0.3 is 0 Å². The highest BCUT2D eigenvalue weighted by atomic mass is 32.1. The summed E-state index contributed by atoms with van der Waals surface area (Å²) >= 11 is 1.88. The Morgan fingerprint density at radius 1 is 1.29 bits per heavy atom. The molecule has 2 heterocycles. The third-order valence-corrected chi connectivity index (χ3v) is 4.83. The summed E-state index contributed by atoms with van der Waals surface area (Å²) in [4.78, 5) is 7.23. The van der Waals surface area contributed by atoms with E-state index in [1.54, 1.807) is 0 Å². The van der Waals surface area contributed by atoms with E-state index in [1.165, 1.54) is 46.7 Å². The van der Waals surface area contributed by atoms with Gasteiger partial charge in [-0.1, -0.05) is 6.07 Å². The Bertz CT molecular complexity index is 524. The van der Waals surface area contributed by atoms with Crippen LogP contribution in [-0.2, 0) is 0 Å². The van der Waals surface area contributed by atoms with E-state index in [2.05, 4.69) is 37.1 Å². The van der Waals surface area contributed by atoms with Gasteiger partial charge < -0.3 is 4.90 Å². The van der Waals surface area contributed by atoms with Crippen molar-refractivity contribution in [2.45, 2.75) is 25.7 Å². The number of thiazole rings is 1. The molecule has 0 saturated carbocycles. The van der Waals surface area contributed by atoms with Crippen LogP contribution in [0.25, 0.3) is 10.2 Å². The van der Waals surface area contributed by atoms with Crippen LogP contribution < -0.4 is 0 Å². The second-order valence-electron chi connectivity index (χ2n) is 5.10. The van der Waals surface area contributed by atoms with Gasteiger partial charge in [0.25, 0.3) is 0 Å². The number of fused-ring (bicyclic) bond motifs is 1. The van der Waals surface area contributed by atoms with Crippen LogP contribution in [0.3, 0.4) is 0 Å². The minimum absolute atomic E-state index is 0.684. The summed E-state index contributed by atoms with van der Waals surface area (Å²) in [6.07, 6.45) is 2.52. The quantitative estimate of drug-likeness (QED) is 0.766. The Kier molecular flexibility index (Phi) is 2.89. The first-order valence-electron chi connectivity index (χ1n) is 6.28. The van der Waals surface area contributed by atoms with Crippen LogP contribution >= 0.6 is 11.3 Å². The molecule has 90 valence electrons. The summed E-state index contributed by atoms with van der Waals surface area (Å²) in [5, 5.41) is 1.35. The minimum atomic E-state index is 0.684. The van der Waals surface area contributed by atoms with Gasteiger partial charge in [-0.25, -0.2) is 4.98 Å². The summed E-state index contributed by atoms with van der Waals surface area (Å²) < 4.78 is 1.34. The molecule has 0 atom stereocenters. The first-order valence-corrected chi connectivity index (χ1v) is 7.09. The van der Waals surface area contributed by atoms with Gasteiger partial charge in [-0.15, -0.1) is 11.3 Å². The van der Waals surface area contributed by atoms with Gasteiger partial charge in [0.2, 0.25) is 0 Å². The highest BCUT2D eigenvalue weighted by Gasteiger charge is 2.21. The van der Waals surface area contributed by atoms with Gasteiger partial charge in [-0.05, 0) is 57.6 Å². The van der Waals surface area contributed by atoms with Crippen molar-refractivity contribution in [1.82, 2.24) is 9.88 Å². The third-order valence-electron chi connectivity index (χ3n) is 3.63. The van der Waals surface area contributed by atoms with E-state index in [0.717, 1.165) is 0 Å². The average Bonchev–Trinajstić information content (AvgIpc) is 2.72. The van der Waals surface area contributed by atoms with Gasteiger partial charge in [0.05, 0.1) is 15.2 Å². The molecule has 1 fully saturated rings. The van der Waals surface area contributed by atoms with Crippen molar-refractivity contribution >= 4 is 21.6 Å². The monoisotopic (exact) mass is 246 g/mol. The number of hydrogen-bond acceptors (Lipinski definition) is 3. The second kappa shape index (κ2) is 4.39. The Morgan fingerprint density at radius 3 is 2.82 bits per heavy atom. The molecule has 2 aromatic rings. The van der Waals surface area contributed by atoms with E-state index < -0.39 is 0 Å². The number of nitrogens with zero attached hydrogens (tertiary/aromatic N) is 2. The van der Waals surface area contributed by atoms with Crippen molar-refractivity contribution < 1.29 is 0 Å². The van der Waals surface area contributed by atoms with Crippen molar-refractivity contribution in [2.24, 2.45) is 0 Å². The lowest BCUT2D eigenvalue weighted by molar-refractivity contribution is 0.255. The second-order valence-corrected chi connectivity index (χ2v) is 6.16. The lowest BCUT2D eigenvalue weighted by Crippen LogP contribution is -2.29. The number of aryl methyl sites for hydroxylation is 1. The fraction of sp³-hybridized carbons (Fsp3) is 0.500. The standard InChI is InChI=1S/C14H18N2S/c1-10-3-4-13-12(9-10)15-14(17-13)11-5-7-16(2)8-6-11/h3-4,9,11H,5-8H2,1-2H3. The number of piperidine rings is 1. The first-order chi connectivity index (χ1) is 8.22. The van der Waals surface area contributed by atoms with Crippen LogP contribution in [0.15, 0.2) is 18.2 Å². The van der Waals surface area contributed by atoms with Crippen LogP contribution in [0.4, 0.5) is 0 Å². The Balaban J connectivity index is 1.90. The van der Waals surface area contributed by atoms with Crippen LogP contribution in [0.1, 0.15) is 29.3 Å². The Labute approximate surface area is 106 Å². The fourth-order valence-electron chi connectivity index (χ4n) is 2.49. The minimum Gasteiger partial charge on any atom is -0.306 e. The molecule has 1 aliphatic rings. The van der Waals surface area contributed by atoms with Gasteiger partial charge in [0, 0.05) is 5.92 Å². The number of benzene rings is 1. The molecule has 0 unspecified atom stereocenters. The number of rotatable bonds is 1. The van der Waals surface area contributed by atoms with Gasteiger partial charge in [-0.2, -0.15) is 0 Å². The van der Waals surface area contributed by atoms with Crippen molar-refractivity contribution in [1.29, 1.82) is 0 Å². The van der Waals surface area contributed by atoms with E-state index in [9.17, 15) is 0 Å². The van der Waals surface area contributed by atoms with Crippen LogP contribution in [0.5, 0.6) is 0 Å². The van der Waals surface area contributed by atoms with Crippen molar-refractivity contribution in [3.63, 3.8) is 0 Å². The molecule has 3 heteroatoms. The lowest BCUT2D eigenvalue weighted by atomic mass is 9.98. The predicted molar refractivity (Wildman–Crippen MR) is 73.8 cm³/mol. The Hall–Kier alpha value is -0.930. The smallest absolute Gasteiger partial charge is 0.0970 e.